The van der Waals surface area contributed by atoms with Crippen molar-refractivity contribution in [1.29, 1.82) is 0 Å². The van der Waals surface area contributed by atoms with E-state index in [9.17, 15) is 0 Å². The third kappa shape index (κ3) is 1.99. The summed E-state index contributed by atoms with van der Waals surface area (Å²) in [6, 6.07) is 19.2. The quantitative estimate of drug-likeness (QED) is 0.506. The van der Waals surface area contributed by atoms with Crippen LogP contribution in [0.4, 0.5) is 11.5 Å². The van der Waals surface area contributed by atoms with Crippen LogP contribution in [0.25, 0.3) is 21.5 Å². The Morgan fingerprint density at radius 1 is 0.818 bits per heavy atom. The van der Waals surface area contributed by atoms with Gasteiger partial charge in [-0.05, 0) is 22.2 Å². The molecule has 0 fully saturated rings. The first-order chi connectivity index (χ1) is 10.8. The summed E-state index contributed by atoms with van der Waals surface area (Å²) in [5.41, 5.74) is 1.13. The minimum atomic E-state index is 0.836. The van der Waals surface area contributed by atoms with E-state index in [2.05, 4.69) is 69.5 Å². The molecule has 0 unspecified atom stereocenters. The summed E-state index contributed by atoms with van der Waals surface area (Å²) in [6.07, 6.45) is 5.19. The van der Waals surface area contributed by atoms with Gasteiger partial charge in [0.05, 0.1) is 11.9 Å². The minimum Gasteiger partial charge on any atom is -0.328 e. The molecule has 0 saturated carbocycles. The maximum atomic E-state index is 4.41. The fourth-order valence-electron chi connectivity index (χ4n) is 2.90. The highest BCUT2D eigenvalue weighted by Gasteiger charge is 2.11. The fraction of sp³-hybridized carbons (Fsp3) is 0.0526. The summed E-state index contributed by atoms with van der Waals surface area (Å²) in [7, 11) is 2.03. The fourth-order valence-corrected chi connectivity index (χ4v) is 2.90. The van der Waals surface area contributed by atoms with Crippen molar-refractivity contribution in [3.8, 4) is 0 Å². The van der Waals surface area contributed by atoms with Gasteiger partial charge >= 0.3 is 0 Å². The lowest BCUT2D eigenvalue weighted by Gasteiger charge is -2.21. The third-order valence-corrected chi connectivity index (χ3v) is 4.00. The second kappa shape index (κ2) is 5.11. The minimum absolute atomic E-state index is 0.836. The highest BCUT2D eigenvalue weighted by Crippen LogP contribution is 2.35. The van der Waals surface area contributed by atoms with E-state index >= 15 is 0 Å². The maximum Gasteiger partial charge on any atom is 0.151 e. The standard InChI is InChI=1S/C19H15N3/c1-22(19-13-20-10-11-21-19)18-12-14-6-2-3-7-15(14)16-8-4-5-9-17(16)18/h2-13H,1H3. The van der Waals surface area contributed by atoms with E-state index in [0.717, 1.165) is 11.5 Å². The molecule has 1 aromatic heterocycles. The number of anilines is 2. The summed E-state index contributed by atoms with van der Waals surface area (Å²) in [4.78, 5) is 10.7. The molecule has 4 rings (SSSR count). The second-order valence-electron chi connectivity index (χ2n) is 5.29. The molecular weight excluding hydrogens is 270 g/mol. The Kier molecular flexibility index (Phi) is 2.97. The van der Waals surface area contributed by atoms with Crippen LogP contribution in [0, 0.1) is 0 Å². The molecule has 3 aromatic carbocycles. The van der Waals surface area contributed by atoms with Crippen molar-refractivity contribution < 1.29 is 0 Å². The predicted molar refractivity (Wildman–Crippen MR) is 91.5 cm³/mol. The van der Waals surface area contributed by atoms with Crippen molar-refractivity contribution >= 4 is 33.1 Å². The molecule has 3 nitrogen and oxygen atoms in total. The zero-order valence-electron chi connectivity index (χ0n) is 12.3. The van der Waals surface area contributed by atoms with E-state index in [1.807, 2.05) is 7.05 Å². The van der Waals surface area contributed by atoms with Gasteiger partial charge in [0.2, 0.25) is 0 Å². The van der Waals surface area contributed by atoms with Crippen LogP contribution < -0.4 is 4.90 Å². The van der Waals surface area contributed by atoms with Crippen LogP contribution in [-0.2, 0) is 0 Å². The van der Waals surface area contributed by atoms with Gasteiger partial charge in [0, 0.05) is 24.8 Å². The molecule has 3 heteroatoms. The zero-order valence-corrected chi connectivity index (χ0v) is 12.3. The van der Waals surface area contributed by atoms with Crippen LogP contribution in [0.15, 0.2) is 73.2 Å². The Morgan fingerprint density at radius 2 is 1.55 bits per heavy atom. The van der Waals surface area contributed by atoms with E-state index in [1.165, 1.54) is 21.5 Å². The number of rotatable bonds is 2. The van der Waals surface area contributed by atoms with Crippen molar-refractivity contribution in [3.05, 3.63) is 73.2 Å². The number of benzene rings is 3. The Hall–Kier alpha value is -2.94. The van der Waals surface area contributed by atoms with Crippen molar-refractivity contribution in [3.63, 3.8) is 0 Å². The number of fused-ring (bicyclic) bond motifs is 3. The average Bonchev–Trinajstić information content (AvgIpc) is 2.61. The smallest absolute Gasteiger partial charge is 0.151 e. The largest absolute Gasteiger partial charge is 0.328 e. The SMILES string of the molecule is CN(c1cnccn1)c1cc2ccccc2c2ccccc12. The summed E-state index contributed by atoms with van der Waals surface area (Å²) >= 11 is 0. The lowest BCUT2D eigenvalue weighted by molar-refractivity contribution is 1.09. The molecule has 22 heavy (non-hydrogen) atoms. The van der Waals surface area contributed by atoms with E-state index in [0.29, 0.717) is 0 Å². The Morgan fingerprint density at radius 3 is 2.32 bits per heavy atom. The van der Waals surface area contributed by atoms with Gasteiger partial charge in [-0.3, -0.25) is 4.98 Å². The molecule has 0 spiro atoms. The topological polar surface area (TPSA) is 29.0 Å². The van der Waals surface area contributed by atoms with Crippen molar-refractivity contribution in [2.75, 3.05) is 11.9 Å². The first-order valence-corrected chi connectivity index (χ1v) is 7.25. The Balaban J connectivity index is 2.04. The van der Waals surface area contributed by atoms with E-state index in [-0.39, 0.29) is 0 Å². The van der Waals surface area contributed by atoms with Gasteiger partial charge < -0.3 is 4.90 Å². The van der Waals surface area contributed by atoms with Crippen LogP contribution in [0.1, 0.15) is 0 Å². The number of hydrogen-bond acceptors (Lipinski definition) is 3. The second-order valence-corrected chi connectivity index (χ2v) is 5.29. The zero-order chi connectivity index (χ0) is 14.9. The predicted octanol–water partition coefficient (Wildman–Crippen LogP) is 4.55. The van der Waals surface area contributed by atoms with Crippen LogP contribution in [-0.4, -0.2) is 17.0 Å². The monoisotopic (exact) mass is 285 g/mol. The van der Waals surface area contributed by atoms with Gasteiger partial charge in [-0.1, -0.05) is 48.5 Å². The van der Waals surface area contributed by atoms with Crippen LogP contribution in [0.5, 0.6) is 0 Å². The van der Waals surface area contributed by atoms with Gasteiger partial charge in [-0.15, -0.1) is 0 Å². The molecule has 0 N–H and O–H groups in total. The van der Waals surface area contributed by atoms with Crippen LogP contribution >= 0.6 is 0 Å². The molecule has 0 aliphatic carbocycles. The van der Waals surface area contributed by atoms with E-state index < -0.39 is 0 Å². The number of aromatic nitrogens is 2. The molecule has 4 aromatic rings. The summed E-state index contributed by atoms with van der Waals surface area (Å²) in [5.74, 6) is 0.836. The van der Waals surface area contributed by atoms with Crippen molar-refractivity contribution in [2.45, 2.75) is 0 Å². The molecular formula is C19H15N3. The summed E-state index contributed by atoms with van der Waals surface area (Å²) in [5, 5.41) is 4.97. The van der Waals surface area contributed by atoms with Crippen molar-refractivity contribution in [2.24, 2.45) is 0 Å². The Labute approximate surface area is 128 Å². The molecule has 106 valence electrons. The maximum absolute atomic E-state index is 4.41. The summed E-state index contributed by atoms with van der Waals surface area (Å²) < 4.78 is 0. The van der Waals surface area contributed by atoms with E-state index in [1.54, 1.807) is 18.6 Å². The Bertz CT molecular complexity index is 948. The first kappa shape index (κ1) is 12.8. The van der Waals surface area contributed by atoms with Gasteiger partial charge in [-0.2, -0.15) is 0 Å². The van der Waals surface area contributed by atoms with E-state index in [4.69, 9.17) is 0 Å². The molecule has 0 amide bonds. The van der Waals surface area contributed by atoms with Gasteiger partial charge in [0.25, 0.3) is 0 Å². The normalized spacial score (nSPS) is 11.0. The van der Waals surface area contributed by atoms with Crippen LogP contribution in [0.2, 0.25) is 0 Å². The van der Waals surface area contributed by atoms with Gasteiger partial charge in [-0.25, -0.2) is 4.98 Å². The van der Waals surface area contributed by atoms with Crippen LogP contribution in [0.3, 0.4) is 0 Å². The molecule has 0 atom stereocenters. The molecule has 0 radical (unpaired) electrons. The molecule has 0 bridgehead atoms. The molecule has 0 aliphatic rings. The number of nitrogens with zero attached hydrogens (tertiary/aromatic N) is 3. The highest BCUT2D eigenvalue weighted by molar-refractivity contribution is 6.13. The van der Waals surface area contributed by atoms with Crippen molar-refractivity contribution in [1.82, 2.24) is 9.97 Å². The molecule has 1 heterocycles. The van der Waals surface area contributed by atoms with Gasteiger partial charge in [0.1, 0.15) is 0 Å². The van der Waals surface area contributed by atoms with Gasteiger partial charge in [0.15, 0.2) is 5.82 Å². The lowest BCUT2D eigenvalue weighted by Crippen LogP contribution is -2.11. The average molecular weight is 285 g/mol. The summed E-state index contributed by atoms with van der Waals surface area (Å²) in [6.45, 7) is 0. The third-order valence-electron chi connectivity index (χ3n) is 4.00. The highest BCUT2D eigenvalue weighted by atomic mass is 15.2. The molecule has 0 saturated heterocycles. The lowest BCUT2D eigenvalue weighted by atomic mass is 10.00. The number of hydrogen-bond donors (Lipinski definition) is 0. The molecule has 0 aliphatic heterocycles. The first-order valence-electron chi connectivity index (χ1n) is 7.25.